The van der Waals surface area contributed by atoms with Gasteiger partial charge in [0.1, 0.15) is 11.1 Å². The number of nitrogens with zero attached hydrogens (tertiary/aromatic N) is 3. The van der Waals surface area contributed by atoms with E-state index in [1.54, 1.807) is 0 Å². The average molecular weight is 485 g/mol. The van der Waals surface area contributed by atoms with Crippen LogP contribution < -0.4 is 5.32 Å². The van der Waals surface area contributed by atoms with Crippen molar-refractivity contribution in [1.29, 1.82) is 0 Å². The number of amides is 1. The van der Waals surface area contributed by atoms with Crippen LogP contribution in [-0.4, -0.2) is 40.6 Å². The molecule has 1 saturated heterocycles. The lowest BCUT2D eigenvalue weighted by atomic mass is 10.1. The van der Waals surface area contributed by atoms with Gasteiger partial charge in [-0.15, -0.1) is 10.2 Å². The van der Waals surface area contributed by atoms with Gasteiger partial charge in [0.2, 0.25) is 5.91 Å². The van der Waals surface area contributed by atoms with E-state index in [9.17, 15) is 13.2 Å². The molecule has 33 heavy (non-hydrogen) atoms. The molecule has 174 valence electrons. The summed E-state index contributed by atoms with van der Waals surface area (Å²) in [5.41, 5.74) is 3.74. The maximum atomic E-state index is 13.4. The first-order valence-electron chi connectivity index (χ1n) is 10.9. The molecule has 1 N–H and O–H groups in total. The van der Waals surface area contributed by atoms with Gasteiger partial charge in [-0.2, -0.15) is 0 Å². The zero-order chi connectivity index (χ0) is 23.6. The number of thioether (sulfide) groups is 1. The highest BCUT2D eigenvalue weighted by Gasteiger charge is 2.30. The zero-order valence-electron chi connectivity index (χ0n) is 19.0. The first-order valence-corrected chi connectivity index (χ1v) is 13.6. The standard InChI is InChI=1S/C24H28N4O3S2/c1-16-9-10-17(2)20(13-16)25-23(29)22(19-7-5-4-6-8-19)32-24-27-26-21(28(24)3)14-18-11-12-33(30,31)15-18/h4-10,13,18,22H,11-12,14-15H2,1-3H3,(H,25,29). The van der Waals surface area contributed by atoms with Crippen LogP contribution in [0.15, 0.2) is 53.7 Å². The molecule has 7 nitrogen and oxygen atoms in total. The number of aromatic nitrogens is 3. The Labute approximate surface area is 198 Å². The summed E-state index contributed by atoms with van der Waals surface area (Å²) in [5, 5.41) is 11.8. The van der Waals surface area contributed by atoms with Crippen molar-refractivity contribution in [1.82, 2.24) is 14.8 Å². The van der Waals surface area contributed by atoms with Crippen molar-refractivity contribution in [2.45, 2.75) is 37.1 Å². The Hall–Kier alpha value is -2.65. The molecule has 0 bridgehead atoms. The van der Waals surface area contributed by atoms with Gasteiger partial charge in [0, 0.05) is 19.2 Å². The number of rotatable bonds is 7. The Morgan fingerprint density at radius 1 is 1.18 bits per heavy atom. The number of hydrogen-bond acceptors (Lipinski definition) is 6. The Balaban J connectivity index is 1.56. The van der Waals surface area contributed by atoms with Crippen LogP contribution in [0.2, 0.25) is 0 Å². The van der Waals surface area contributed by atoms with E-state index >= 15 is 0 Å². The number of nitrogens with one attached hydrogen (secondary N) is 1. The summed E-state index contributed by atoms with van der Waals surface area (Å²) in [4.78, 5) is 13.4. The molecule has 2 atom stereocenters. The summed E-state index contributed by atoms with van der Waals surface area (Å²) >= 11 is 1.34. The Morgan fingerprint density at radius 2 is 1.94 bits per heavy atom. The van der Waals surface area contributed by atoms with E-state index in [0.29, 0.717) is 18.0 Å². The molecule has 1 aliphatic rings. The van der Waals surface area contributed by atoms with Gasteiger partial charge in [0.05, 0.1) is 11.5 Å². The van der Waals surface area contributed by atoms with Crippen molar-refractivity contribution in [3.8, 4) is 0 Å². The predicted molar refractivity (Wildman–Crippen MR) is 131 cm³/mol. The smallest absolute Gasteiger partial charge is 0.242 e. The van der Waals surface area contributed by atoms with Gasteiger partial charge in [0.15, 0.2) is 15.0 Å². The molecule has 2 aromatic carbocycles. The summed E-state index contributed by atoms with van der Waals surface area (Å²) in [6, 6.07) is 15.6. The summed E-state index contributed by atoms with van der Waals surface area (Å²) in [6.45, 7) is 3.97. The molecule has 2 unspecified atom stereocenters. The lowest BCUT2D eigenvalue weighted by Gasteiger charge is -2.18. The Kier molecular flexibility index (Phi) is 6.90. The maximum absolute atomic E-state index is 13.4. The van der Waals surface area contributed by atoms with E-state index in [4.69, 9.17) is 0 Å². The molecule has 9 heteroatoms. The zero-order valence-corrected chi connectivity index (χ0v) is 20.6. The van der Waals surface area contributed by atoms with E-state index in [1.807, 2.05) is 74.0 Å². The molecular formula is C24H28N4O3S2. The molecule has 3 aromatic rings. The summed E-state index contributed by atoms with van der Waals surface area (Å²) in [6.07, 6.45) is 1.22. The summed E-state index contributed by atoms with van der Waals surface area (Å²) in [5.74, 6) is 1.11. The Morgan fingerprint density at radius 3 is 2.64 bits per heavy atom. The van der Waals surface area contributed by atoms with Gasteiger partial charge in [-0.1, -0.05) is 54.2 Å². The third-order valence-corrected chi connectivity index (χ3v) is 9.06. The average Bonchev–Trinajstić information content (AvgIpc) is 3.30. The largest absolute Gasteiger partial charge is 0.325 e. The van der Waals surface area contributed by atoms with Crippen molar-refractivity contribution in [2.75, 3.05) is 16.8 Å². The molecule has 1 fully saturated rings. The van der Waals surface area contributed by atoms with Crippen LogP contribution in [0.1, 0.15) is 34.2 Å². The molecular weight excluding hydrogens is 456 g/mol. The number of carbonyl (C=O) groups is 1. The molecule has 0 aliphatic carbocycles. The van der Waals surface area contributed by atoms with E-state index in [-0.39, 0.29) is 23.3 Å². The minimum atomic E-state index is -2.94. The van der Waals surface area contributed by atoms with Crippen molar-refractivity contribution < 1.29 is 13.2 Å². The van der Waals surface area contributed by atoms with Crippen LogP contribution in [0.3, 0.4) is 0 Å². The number of hydrogen-bond donors (Lipinski definition) is 1. The van der Waals surface area contributed by atoms with Crippen LogP contribution in [0.25, 0.3) is 0 Å². The van der Waals surface area contributed by atoms with E-state index in [0.717, 1.165) is 28.2 Å². The minimum Gasteiger partial charge on any atom is -0.325 e. The van der Waals surface area contributed by atoms with Crippen LogP contribution in [0.5, 0.6) is 0 Å². The van der Waals surface area contributed by atoms with Crippen molar-refractivity contribution >= 4 is 33.2 Å². The highest BCUT2D eigenvalue weighted by Crippen LogP contribution is 2.36. The third kappa shape index (κ3) is 5.65. The van der Waals surface area contributed by atoms with Gasteiger partial charge in [-0.25, -0.2) is 8.42 Å². The maximum Gasteiger partial charge on any atom is 0.242 e. The second-order valence-electron chi connectivity index (χ2n) is 8.65. The van der Waals surface area contributed by atoms with Crippen molar-refractivity contribution in [3.05, 3.63) is 71.0 Å². The number of aryl methyl sites for hydroxylation is 2. The molecule has 0 spiro atoms. The normalized spacial score (nSPS) is 18.2. The second kappa shape index (κ2) is 9.69. The van der Waals surface area contributed by atoms with E-state index in [2.05, 4.69) is 15.5 Å². The molecule has 0 saturated carbocycles. The van der Waals surface area contributed by atoms with Crippen LogP contribution in [0, 0.1) is 19.8 Å². The SMILES string of the molecule is Cc1ccc(C)c(NC(=O)C(Sc2nnc(CC3CCS(=O)(=O)C3)n2C)c2ccccc2)c1. The predicted octanol–water partition coefficient (Wildman–Crippen LogP) is 3.88. The third-order valence-electron chi connectivity index (χ3n) is 5.94. The van der Waals surface area contributed by atoms with Crippen molar-refractivity contribution in [2.24, 2.45) is 13.0 Å². The highest BCUT2D eigenvalue weighted by molar-refractivity contribution is 8.00. The molecule has 4 rings (SSSR count). The fourth-order valence-electron chi connectivity index (χ4n) is 3.99. The molecule has 2 heterocycles. The molecule has 1 aromatic heterocycles. The Bertz CT molecular complexity index is 1260. The number of sulfone groups is 1. The molecule has 1 aliphatic heterocycles. The van der Waals surface area contributed by atoms with Gasteiger partial charge in [-0.05, 0) is 48.9 Å². The first kappa shape index (κ1) is 23.5. The molecule has 0 radical (unpaired) electrons. The van der Waals surface area contributed by atoms with Crippen LogP contribution in [0.4, 0.5) is 5.69 Å². The van der Waals surface area contributed by atoms with Gasteiger partial charge < -0.3 is 9.88 Å². The van der Waals surface area contributed by atoms with E-state index in [1.165, 1.54) is 11.8 Å². The van der Waals surface area contributed by atoms with Gasteiger partial charge in [0.25, 0.3) is 0 Å². The molecule has 1 amide bonds. The van der Waals surface area contributed by atoms with Gasteiger partial charge >= 0.3 is 0 Å². The van der Waals surface area contributed by atoms with E-state index < -0.39 is 15.1 Å². The monoisotopic (exact) mass is 484 g/mol. The topological polar surface area (TPSA) is 94.0 Å². The number of benzene rings is 2. The highest BCUT2D eigenvalue weighted by atomic mass is 32.2. The second-order valence-corrected chi connectivity index (χ2v) is 11.9. The van der Waals surface area contributed by atoms with Crippen LogP contribution in [-0.2, 0) is 28.1 Å². The first-order chi connectivity index (χ1) is 15.7. The fourth-order valence-corrected chi connectivity index (χ4v) is 6.87. The fraction of sp³-hybridized carbons (Fsp3) is 0.375. The number of carbonyl (C=O) groups excluding carboxylic acids is 1. The number of anilines is 1. The van der Waals surface area contributed by atoms with Crippen LogP contribution >= 0.6 is 11.8 Å². The lowest BCUT2D eigenvalue weighted by molar-refractivity contribution is -0.115. The quantitative estimate of drug-likeness (QED) is 0.512. The summed E-state index contributed by atoms with van der Waals surface area (Å²) in [7, 11) is -1.07. The van der Waals surface area contributed by atoms with Crippen molar-refractivity contribution in [3.63, 3.8) is 0 Å². The van der Waals surface area contributed by atoms with Gasteiger partial charge in [-0.3, -0.25) is 4.79 Å². The minimum absolute atomic E-state index is 0.0632. The summed E-state index contributed by atoms with van der Waals surface area (Å²) < 4.78 is 25.5. The lowest BCUT2D eigenvalue weighted by Crippen LogP contribution is -2.20.